The number of carbonyl (C=O) groups excluding carboxylic acids is 2. The van der Waals surface area contributed by atoms with Gasteiger partial charge in [-0.05, 0) is 77.0 Å². The number of hydrogen-bond donors (Lipinski definition) is 3. The number of alkyl carbamates (subject to hydrolysis) is 1. The SMILES string of the molecule is Cc1cc(CCCCC(=O)O)c(F)c(OCCCC(NC(=O)OC(C)(C)C)C(N)=O)c1. The number of benzene rings is 1. The standard InChI is InChI=1S/C22H33FN2O6/c1-14-12-15(8-5-6-10-18(26)27)19(23)17(13-14)30-11-7-9-16(20(24)28)25-21(29)31-22(2,3)4/h12-13,16H,5-11H2,1-4H3,(H2,24,28)(H,25,29)(H,26,27). The molecule has 0 spiro atoms. The lowest BCUT2D eigenvalue weighted by Gasteiger charge is -2.22. The van der Waals surface area contributed by atoms with Gasteiger partial charge >= 0.3 is 12.1 Å². The minimum atomic E-state index is -0.925. The number of nitrogens with one attached hydrogen (secondary N) is 1. The van der Waals surface area contributed by atoms with Gasteiger partial charge in [0.2, 0.25) is 5.91 Å². The summed E-state index contributed by atoms with van der Waals surface area (Å²) in [6.07, 6.45) is 1.32. The minimum Gasteiger partial charge on any atom is -0.490 e. The average Bonchev–Trinajstić information content (AvgIpc) is 2.62. The van der Waals surface area contributed by atoms with E-state index in [1.54, 1.807) is 32.9 Å². The summed E-state index contributed by atoms with van der Waals surface area (Å²) in [6.45, 7) is 7.06. The summed E-state index contributed by atoms with van der Waals surface area (Å²) < 4.78 is 25.4. The first-order valence-electron chi connectivity index (χ1n) is 10.3. The quantitative estimate of drug-likeness (QED) is 0.427. The van der Waals surface area contributed by atoms with Crippen LogP contribution < -0.4 is 15.8 Å². The molecule has 0 saturated carbocycles. The van der Waals surface area contributed by atoms with Crippen molar-refractivity contribution in [2.24, 2.45) is 5.73 Å². The number of rotatable bonds is 12. The van der Waals surface area contributed by atoms with Gasteiger partial charge in [0.1, 0.15) is 11.6 Å². The van der Waals surface area contributed by atoms with Crippen LogP contribution in [0.2, 0.25) is 0 Å². The zero-order chi connectivity index (χ0) is 23.6. The molecular formula is C22H33FN2O6. The molecule has 0 bridgehead atoms. The number of nitrogens with two attached hydrogens (primary N) is 1. The Morgan fingerprint density at radius 3 is 2.45 bits per heavy atom. The predicted molar refractivity (Wildman–Crippen MR) is 113 cm³/mol. The fraction of sp³-hybridized carbons (Fsp3) is 0.591. The Hall–Kier alpha value is -2.84. The zero-order valence-electron chi connectivity index (χ0n) is 18.6. The van der Waals surface area contributed by atoms with Crippen LogP contribution in [0.15, 0.2) is 12.1 Å². The fourth-order valence-electron chi connectivity index (χ4n) is 2.89. The van der Waals surface area contributed by atoms with Gasteiger partial charge in [-0.15, -0.1) is 0 Å². The number of carboxylic acid groups (broad SMARTS) is 1. The Balaban J connectivity index is 2.58. The average molecular weight is 441 g/mol. The molecule has 1 aromatic rings. The van der Waals surface area contributed by atoms with E-state index in [4.69, 9.17) is 20.3 Å². The maximum atomic E-state index is 14.7. The number of aryl methyl sites for hydroxylation is 2. The van der Waals surface area contributed by atoms with E-state index in [1.807, 2.05) is 6.92 Å². The van der Waals surface area contributed by atoms with Gasteiger partial charge in [0, 0.05) is 6.42 Å². The molecule has 4 N–H and O–H groups in total. The highest BCUT2D eigenvalue weighted by Gasteiger charge is 2.22. The summed E-state index contributed by atoms with van der Waals surface area (Å²) in [6, 6.07) is 2.38. The van der Waals surface area contributed by atoms with Crippen LogP contribution in [-0.2, 0) is 20.7 Å². The van der Waals surface area contributed by atoms with Crippen molar-refractivity contribution in [2.75, 3.05) is 6.61 Å². The Kier molecular flexibility index (Phi) is 10.2. The van der Waals surface area contributed by atoms with Crippen molar-refractivity contribution in [1.82, 2.24) is 5.32 Å². The molecule has 1 rings (SSSR count). The first-order valence-corrected chi connectivity index (χ1v) is 10.3. The maximum absolute atomic E-state index is 14.7. The van der Waals surface area contributed by atoms with Crippen LogP contribution in [0.4, 0.5) is 9.18 Å². The van der Waals surface area contributed by atoms with E-state index < -0.39 is 35.4 Å². The van der Waals surface area contributed by atoms with E-state index in [1.165, 1.54) is 0 Å². The van der Waals surface area contributed by atoms with E-state index in [2.05, 4.69) is 5.32 Å². The number of carbonyl (C=O) groups is 3. The highest BCUT2D eigenvalue weighted by molar-refractivity contribution is 5.84. The van der Waals surface area contributed by atoms with Crippen LogP contribution in [0, 0.1) is 12.7 Å². The molecule has 8 nitrogen and oxygen atoms in total. The van der Waals surface area contributed by atoms with Gasteiger partial charge in [0.05, 0.1) is 6.61 Å². The van der Waals surface area contributed by atoms with Crippen LogP contribution in [0.5, 0.6) is 5.75 Å². The van der Waals surface area contributed by atoms with Crippen LogP contribution in [0.3, 0.4) is 0 Å². The summed E-state index contributed by atoms with van der Waals surface area (Å²) in [5.41, 5.74) is 5.93. The van der Waals surface area contributed by atoms with Crippen molar-refractivity contribution in [1.29, 1.82) is 0 Å². The Labute approximate surface area is 182 Å². The van der Waals surface area contributed by atoms with Gasteiger partial charge in [0.25, 0.3) is 0 Å². The lowest BCUT2D eigenvalue weighted by Crippen LogP contribution is -2.46. The highest BCUT2D eigenvalue weighted by atomic mass is 19.1. The van der Waals surface area contributed by atoms with Crippen LogP contribution in [0.25, 0.3) is 0 Å². The zero-order valence-corrected chi connectivity index (χ0v) is 18.6. The Bertz CT molecular complexity index is 776. The Morgan fingerprint density at radius 2 is 1.87 bits per heavy atom. The second-order valence-electron chi connectivity index (χ2n) is 8.43. The number of aliphatic carboxylic acids is 1. The first-order chi connectivity index (χ1) is 14.4. The van der Waals surface area contributed by atoms with E-state index in [-0.39, 0.29) is 25.2 Å². The molecule has 0 aromatic heterocycles. The molecule has 0 saturated heterocycles. The topological polar surface area (TPSA) is 128 Å². The molecule has 0 aliphatic heterocycles. The van der Waals surface area contributed by atoms with Crippen molar-refractivity contribution in [2.45, 2.75) is 77.9 Å². The summed E-state index contributed by atoms with van der Waals surface area (Å²) in [5.74, 6) is -1.94. The Morgan fingerprint density at radius 1 is 1.19 bits per heavy atom. The van der Waals surface area contributed by atoms with Crippen LogP contribution >= 0.6 is 0 Å². The number of hydrogen-bond acceptors (Lipinski definition) is 5. The van der Waals surface area contributed by atoms with Gasteiger partial charge in [-0.25, -0.2) is 9.18 Å². The molecule has 9 heteroatoms. The number of ether oxygens (including phenoxy) is 2. The molecule has 1 aromatic carbocycles. The monoisotopic (exact) mass is 440 g/mol. The van der Waals surface area contributed by atoms with Crippen molar-refractivity contribution in [3.63, 3.8) is 0 Å². The molecule has 174 valence electrons. The normalized spacial score (nSPS) is 12.2. The molecule has 0 heterocycles. The molecule has 0 aliphatic rings. The number of carboxylic acids is 1. The van der Waals surface area contributed by atoms with E-state index in [0.29, 0.717) is 31.2 Å². The smallest absolute Gasteiger partial charge is 0.408 e. The van der Waals surface area contributed by atoms with Crippen molar-refractivity contribution in [3.8, 4) is 5.75 Å². The number of halogens is 1. The molecule has 31 heavy (non-hydrogen) atoms. The molecule has 2 amide bonds. The summed E-state index contributed by atoms with van der Waals surface area (Å²) in [5, 5.41) is 11.1. The van der Waals surface area contributed by atoms with E-state index >= 15 is 0 Å². The van der Waals surface area contributed by atoms with Gasteiger partial charge in [0.15, 0.2) is 11.6 Å². The van der Waals surface area contributed by atoms with Gasteiger partial charge in [-0.2, -0.15) is 0 Å². The van der Waals surface area contributed by atoms with Crippen LogP contribution in [-0.4, -0.2) is 41.3 Å². The van der Waals surface area contributed by atoms with E-state index in [9.17, 15) is 18.8 Å². The molecule has 0 aliphatic carbocycles. The lowest BCUT2D eigenvalue weighted by atomic mass is 10.0. The predicted octanol–water partition coefficient (Wildman–Crippen LogP) is 3.47. The van der Waals surface area contributed by atoms with Gasteiger partial charge in [-0.3, -0.25) is 9.59 Å². The molecular weight excluding hydrogens is 407 g/mol. The van der Waals surface area contributed by atoms with Crippen LogP contribution in [0.1, 0.15) is 64.0 Å². The first kappa shape index (κ1) is 26.2. The van der Waals surface area contributed by atoms with Gasteiger partial charge in [-0.1, -0.05) is 6.07 Å². The second-order valence-corrected chi connectivity index (χ2v) is 8.43. The molecule has 0 fully saturated rings. The lowest BCUT2D eigenvalue weighted by molar-refractivity contribution is -0.137. The molecule has 1 unspecified atom stereocenters. The number of amides is 2. The second kappa shape index (κ2) is 12.1. The maximum Gasteiger partial charge on any atom is 0.408 e. The largest absolute Gasteiger partial charge is 0.490 e. The van der Waals surface area contributed by atoms with E-state index in [0.717, 1.165) is 5.56 Å². The van der Waals surface area contributed by atoms with Crippen molar-refractivity contribution < 1.29 is 33.4 Å². The summed E-state index contributed by atoms with van der Waals surface area (Å²) in [4.78, 5) is 34.0. The molecule has 0 radical (unpaired) electrons. The van der Waals surface area contributed by atoms with Crippen molar-refractivity contribution in [3.05, 3.63) is 29.1 Å². The highest BCUT2D eigenvalue weighted by Crippen LogP contribution is 2.25. The number of unbranched alkanes of at least 4 members (excludes halogenated alkanes) is 1. The summed E-state index contributed by atoms with van der Waals surface area (Å²) >= 11 is 0. The number of primary amides is 1. The summed E-state index contributed by atoms with van der Waals surface area (Å²) in [7, 11) is 0. The minimum absolute atomic E-state index is 0.0507. The fourth-order valence-corrected chi connectivity index (χ4v) is 2.89. The van der Waals surface area contributed by atoms with Crippen molar-refractivity contribution >= 4 is 18.0 Å². The third-order valence-corrected chi connectivity index (χ3v) is 4.27. The molecule has 1 atom stereocenters. The third-order valence-electron chi connectivity index (χ3n) is 4.27. The van der Waals surface area contributed by atoms with Gasteiger partial charge < -0.3 is 25.6 Å². The third kappa shape index (κ3) is 10.7.